The van der Waals surface area contributed by atoms with Crippen molar-refractivity contribution in [1.29, 1.82) is 0 Å². The van der Waals surface area contributed by atoms with Gasteiger partial charge in [-0.2, -0.15) is 0 Å². The molecule has 0 saturated carbocycles. The summed E-state index contributed by atoms with van der Waals surface area (Å²) < 4.78 is 22.8. The van der Waals surface area contributed by atoms with E-state index in [1.165, 1.54) is 36.3 Å². The fraction of sp³-hybridized carbons (Fsp3) is 0.474. The molecule has 1 atom stereocenters. The van der Waals surface area contributed by atoms with E-state index in [4.69, 9.17) is 9.47 Å². The van der Waals surface area contributed by atoms with Crippen molar-refractivity contribution in [3.63, 3.8) is 0 Å². The van der Waals surface area contributed by atoms with Gasteiger partial charge in [0.1, 0.15) is 5.82 Å². The van der Waals surface area contributed by atoms with Crippen LogP contribution in [0.5, 0.6) is 0 Å². The summed E-state index contributed by atoms with van der Waals surface area (Å²) in [4.78, 5) is 49.4. The Kier molecular flexibility index (Phi) is 8.53. The number of halogens is 1. The summed E-state index contributed by atoms with van der Waals surface area (Å²) >= 11 is 0. The number of nitrogens with zero attached hydrogens (tertiary/aromatic N) is 1. The smallest absolute Gasteiger partial charge is 0.321 e. The van der Waals surface area contributed by atoms with E-state index in [0.29, 0.717) is 31.6 Å². The molecule has 1 aromatic rings. The molecule has 0 spiro atoms. The third-order valence-electron chi connectivity index (χ3n) is 4.32. The standard InChI is InChI=1S/C19H24FN3O6/c1-28-10-8-21-19(27)22-16(24)12-29-18(26)14-3-2-9-23(11-14)17(25)13-4-6-15(20)7-5-13/h4-7,14H,2-3,8-12H2,1H3,(H2,21,22,24,27). The zero-order valence-corrected chi connectivity index (χ0v) is 16.1. The minimum atomic E-state index is -0.761. The first-order chi connectivity index (χ1) is 13.9. The Morgan fingerprint density at radius 1 is 1.21 bits per heavy atom. The van der Waals surface area contributed by atoms with E-state index in [1.54, 1.807) is 0 Å². The fourth-order valence-electron chi connectivity index (χ4n) is 2.86. The highest BCUT2D eigenvalue weighted by Crippen LogP contribution is 2.20. The monoisotopic (exact) mass is 409 g/mol. The summed E-state index contributed by atoms with van der Waals surface area (Å²) in [6.07, 6.45) is 1.12. The molecule has 1 aromatic carbocycles. The summed E-state index contributed by atoms with van der Waals surface area (Å²) in [5.74, 6) is -2.68. The van der Waals surface area contributed by atoms with Gasteiger partial charge < -0.3 is 19.7 Å². The summed E-state index contributed by atoms with van der Waals surface area (Å²) in [5.41, 5.74) is 0.333. The van der Waals surface area contributed by atoms with Gasteiger partial charge in [-0.3, -0.25) is 19.7 Å². The predicted molar refractivity (Wildman–Crippen MR) is 99.4 cm³/mol. The van der Waals surface area contributed by atoms with Gasteiger partial charge in [0.05, 0.1) is 12.5 Å². The summed E-state index contributed by atoms with van der Waals surface area (Å²) in [6.45, 7) is 0.552. The lowest BCUT2D eigenvalue weighted by Gasteiger charge is -2.31. The highest BCUT2D eigenvalue weighted by atomic mass is 19.1. The zero-order valence-electron chi connectivity index (χ0n) is 16.1. The minimum Gasteiger partial charge on any atom is -0.455 e. The van der Waals surface area contributed by atoms with Crippen molar-refractivity contribution < 1.29 is 33.0 Å². The molecule has 1 aliphatic heterocycles. The van der Waals surface area contributed by atoms with E-state index in [9.17, 15) is 23.6 Å². The molecule has 1 heterocycles. The van der Waals surface area contributed by atoms with E-state index >= 15 is 0 Å². The molecule has 0 radical (unpaired) electrons. The molecule has 1 fully saturated rings. The first-order valence-electron chi connectivity index (χ1n) is 9.18. The number of hydrogen-bond donors (Lipinski definition) is 2. The molecular formula is C19H24FN3O6. The molecule has 10 heteroatoms. The molecule has 1 aliphatic rings. The van der Waals surface area contributed by atoms with E-state index in [1.807, 2.05) is 5.32 Å². The van der Waals surface area contributed by atoms with Crippen LogP contribution in [-0.4, -0.2) is 68.7 Å². The molecule has 2 N–H and O–H groups in total. The van der Waals surface area contributed by atoms with Crippen molar-refractivity contribution >= 4 is 23.8 Å². The molecule has 0 bridgehead atoms. The lowest BCUT2D eigenvalue weighted by Crippen LogP contribution is -2.44. The van der Waals surface area contributed by atoms with Gasteiger partial charge in [0.2, 0.25) is 0 Å². The van der Waals surface area contributed by atoms with Crippen molar-refractivity contribution in [3.8, 4) is 0 Å². The van der Waals surface area contributed by atoms with Gasteiger partial charge in [-0.05, 0) is 37.1 Å². The maximum absolute atomic E-state index is 13.0. The molecule has 29 heavy (non-hydrogen) atoms. The van der Waals surface area contributed by atoms with Gasteiger partial charge in [0, 0.05) is 32.3 Å². The molecule has 9 nitrogen and oxygen atoms in total. The first kappa shape index (κ1) is 22.3. The summed E-state index contributed by atoms with van der Waals surface area (Å²) in [6, 6.07) is 4.47. The number of nitrogens with one attached hydrogen (secondary N) is 2. The van der Waals surface area contributed by atoms with Crippen molar-refractivity contribution in [2.24, 2.45) is 5.92 Å². The van der Waals surface area contributed by atoms with Crippen LogP contribution in [-0.2, 0) is 19.1 Å². The lowest BCUT2D eigenvalue weighted by molar-refractivity contribution is -0.153. The van der Waals surface area contributed by atoms with Gasteiger partial charge in [-0.15, -0.1) is 0 Å². The predicted octanol–water partition coefficient (Wildman–Crippen LogP) is 0.693. The van der Waals surface area contributed by atoms with E-state index in [2.05, 4.69) is 5.32 Å². The molecule has 0 aromatic heterocycles. The number of piperidine rings is 1. The lowest BCUT2D eigenvalue weighted by atomic mass is 9.97. The minimum absolute atomic E-state index is 0.147. The number of esters is 1. The number of carbonyl (C=O) groups excluding carboxylic acids is 4. The normalized spacial score (nSPS) is 16.1. The van der Waals surface area contributed by atoms with Gasteiger partial charge in [-0.1, -0.05) is 0 Å². The third kappa shape index (κ3) is 7.15. The number of likely N-dealkylation sites (tertiary alicyclic amines) is 1. The van der Waals surface area contributed by atoms with Gasteiger partial charge in [0.25, 0.3) is 11.8 Å². The van der Waals surface area contributed by atoms with Crippen LogP contribution in [0.15, 0.2) is 24.3 Å². The van der Waals surface area contributed by atoms with Crippen LogP contribution in [0.25, 0.3) is 0 Å². The average molecular weight is 409 g/mol. The number of hydrogen-bond acceptors (Lipinski definition) is 6. The van der Waals surface area contributed by atoms with Crippen LogP contribution < -0.4 is 10.6 Å². The number of imide groups is 1. The Balaban J connectivity index is 1.78. The topological polar surface area (TPSA) is 114 Å². The number of rotatable bonds is 7. The molecule has 1 saturated heterocycles. The van der Waals surface area contributed by atoms with Crippen LogP contribution in [0.3, 0.4) is 0 Å². The Morgan fingerprint density at radius 3 is 2.62 bits per heavy atom. The van der Waals surface area contributed by atoms with Gasteiger partial charge >= 0.3 is 12.0 Å². The number of benzene rings is 1. The van der Waals surface area contributed by atoms with Crippen molar-refractivity contribution in [2.75, 3.05) is 40.0 Å². The highest BCUT2D eigenvalue weighted by molar-refractivity contribution is 5.96. The van der Waals surface area contributed by atoms with Crippen LogP contribution >= 0.6 is 0 Å². The Labute approximate surface area is 167 Å². The van der Waals surface area contributed by atoms with E-state index < -0.39 is 36.2 Å². The summed E-state index contributed by atoms with van der Waals surface area (Å²) in [7, 11) is 1.48. The van der Waals surface area contributed by atoms with E-state index in [-0.39, 0.29) is 19.0 Å². The second kappa shape index (κ2) is 11.1. The van der Waals surface area contributed by atoms with Gasteiger partial charge in [0.15, 0.2) is 6.61 Å². The molecule has 4 amide bonds. The number of ether oxygens (including phenoxy) is 2. The van der Waals surface area contributed by atoms with Crippen LogP contribution in [0.1, 0.15) is 23.2 Å². The van der Waals surface area contributed by atoms with E-state index in [0.717, 1.165) is 0 Å². The van der Waals surface area contributed by atoms with Gasteiger partial charge in [-0.25, -0.2) is 9.18 Å². The third-order valence-corrected chi connectivity index (χ3v) is 4.32. The first-order valence-corrected chi connectivity index (χ1v) is 9.18. The highest BCUT2D eigenvalue weighted by Gasteiger charge is 2.30. The Morgan fingerprint density at radius 2 is 1.93 bits per heavy atom. The molecule has 2 rings (SSSR count). The number of amides is 4. The molecule has 0 aliphatic carbocycles. The van der Waals surface area contributed by atoms with Crippen LogP contribution in [0.2, 0.25) is 0 Å². The maximum atomic E-state index is 13.0. The number of methoxy groups -OCH3 is 1. The second-order valence-electron chi connectivity index (χ2n) is 6.50. The largest absolute Gasteiger partial charge is 0.455 e. The Bertz CT molecular complexity index is 740. The molecule has 1 unspecified atom stereocenters. The Hall–Kier alpha value is -3.01. The molecular weight excluding hydrogens is 385 g/mol. The van der Waals surface area contributed by atoms with Crippen LogP contribution in [0, 0.1) is 11.7 Å². The molecule has 158 valence electrons. The maximum Gasteiger partial charge on any atom is 0.321 e. The average Bonchev–Trinajstić information content (AvgIpc) is 2.72. The quantitative estimate of drug-likeness (QED) is 0.506. The fourth-order valence-corrected chi connectivity index (χ4v) is 2.86. The number of carbonyl (C=O) groups is 4. The van der Waals surface area contributed by atoms with Crippen molar-refractivity contribution in [1.82, 2.24) is 15.5 Å². The summed E-state index contributed by atoms with van der Waals surface area (Å²) in [5, 5.41) is 4.43. The van der Waals surface area contributed by atoms with Crippen molar-refractivity contribution in [2.45, 2.75) is 12.8 Å². The second-order valence-corrected chi connectivity index (χ2v) is 6.50. The number of urea groups is 1. The van der Waals surface area contributed by atoms with Crippen molar-refractivity contribution in [3.05, 3.63) is 35.6 Å². The zero-order chi connectivity index (χ0) is 21.2. The van der Waals surface area contributed by atoms with Crippen LogP contribution in [0.4, 0.5) is 9.18 Å². The SMILES string of the molecule is COCCNC(=O)NC(=O)COC(=O)C1CCCN(C(=O)c2ccc(F)cc2)C1.